The van der Waals surface area contributed by atoms with Crippen LogP contribution in [-0.2, 0) is 0 Å². The van der Waals surface area contributed by atoms with Crippen LogP contribution in [-0.4, -0.2) is 20.2 Å². The molecule has 1 heterocycles. The molecule has 106 valence electrons. The maximum atomic E-state index is 5.89. The number of nitrogens with two attached hydrogens (primary N) is 1. The van der Waals surface area contributed by atoms with Crippen molar-refractivity contribution in [2.24, 2.45) is 0 Å². The van der Waals surface area contributed by atoms with Crippen LogP contribution in [0.3, 0.4) is 0 Å². The Balaban J connectivity index is 2.17. The Bertz CT molecular complexity index is 793. The summed E-state index contributed by atoms with van der Waals surface area (Å²) in [7, 11) is 0. The molecule has 0 fully saturated rings. The predicted octanol–water partition coefficient (Wildman–Crippen LogP) is 3.74. The van der Waals surface area contributed by atoms with E-state index in [0.717, 1.165) is 25.8 Å². The number of aromatic nitrogens is 4. The summed E-state index contributed by atoms with van der Waals surface area (Å²) in [5.74, 6) is 0.632. The van der Waals surface area contributed by atoms with Gasteiger partial charge in [0.1, 0.15) is 0 Å². The van der Waals surface area contributed by atoms with Crippen molar-refractivity contribution in [2.75, 3.05) is 5.73 Å². The van der Waals surface area contributed by atoms with Gasteiger partial charge in [-0.05, 0) is 69.2 Å². The molecule has 5 nitrogen and oxygen atoms in total. The highest BCUT2D eigenvalue weighted by Gasteiger charge is 2.14. The second-order valence-electron chi connectivity index (χ2n) is 4.64. The third kappa shape index (κ3) is 2.84. The molecule has 0 aliphatic carbocycles. The fourth-order valence-corrected chi connectivity index (χ4v) is 3.23. The molecule has 7 heteroatoms. The van der Waals surface area contributed by atoms with Crippen LogP contribution in [0.4, 0.5) is 5.69 Å². The predicted molar refractivity (Wildman–Crippen MR) is 89.1 cm³/mol. The van der Waals surface area contributed by atoms with Gasteiger partial charge in [0.25, 0.3) is 0 Å². The van der Waals surface area contributed by atoms with Crippen molar-refractivity contribution in [1.29, 1.82) is 0 Å². The van der Waals surface area contributed by atoms with Crippen molar-refractivity contribution in [1.82, 2.24) is 20.2 Å². The number of aryl methyl sites for hydroxylation is 1. The van der Waals surface area contributed by atoms with Gasteiger partial charge in [-0.1, -0.05) is 22.0 Å². The van der Waals surface area contributed by atoms with E-state index in [9.17, 15) is 0 Å². The first-order valence-electron chi connectivity index (χ1n) is 6.16. The van der Waals surface area contributed by atoms with Gasteiger partial charge in [-0.2, -0.15) is 4.68 Å². The zero-order chi connectivity index (χ0) is 15.0. The van der Waals surface area contributed by atoms with E-state index < -0.39 is 0 Å². The molecule has 2 aromatic carbocycles. The Morgan fingerprint density at radius 1 is 1.10 bits per heavy atom. The molecule has 0 unspecified atom stereocenters. The zero-order valence-electron chi connectivity index (χ0n) is 11.1. The lowest BCUT2D eigenvalue weighted by atomic mass is 10.2. The van der Waals surface area contributed by atoms with E-state index in [0.29, 0.717) is 11.5 Å². The molecular weight excluding hydrogens is 398 g/mol. The average molecular weight is 409 g/mol. The monoisotopic (exact) mass is 407 g/mol. The van der Waals surface area contributed by atoms with Gasteiger partial charge in [0.15, 0.2) is 5.82 Å². The summed E-state index contributed by atoms with van der Waals surface area (Å²) >= 11 is 6.99. The van der Waals surface area contributed by atoms with E-state index in [1.165, 1.54) is 0 Å². The van der Waals surface area contributed by atoms with Crippen LogP contribution < -0.4 is 5.73 Å². The van der Waals surface area contributed by atoms with Crippen LogP contribution in [0.15, 0.2) is 45.3 Å². The lowest BCUT2D eigenvalue weighted by Crippen LogP contribution is -2.01. The Labute approximate surface area is 138 Å². The number of tetrazole rings is 1. The summed E-state index contributed by atoms with van der Waals surface area (Å²) in [5.41, 5.74) is 9.42. The molecule has 1 aromatic heterocycles. The maximum absolute atomic E-state index is 5.89. The van der Waals surface area contributed by atoms with Gasteiger partial charge >= 0.3 is 0 Å². The second-order valence-corrected chi connectivity index (χ2v) is 6.41. The van der Waals surface area contributed by atoms with Gasteiger partial charge in [-0.25, -0.2) is 0 Å². The molecule has 0 spiro atoms. The van der Waals surface area contributed by atoms with Gasteiger partial charge in [0, 0.05) is 20.2 Å². The Kier molecular flexibility index (Phi) is 3.77. The van der Waals surface area contributed by atoms with Crippen LogP contribution >= 0.6 is 31.9 Å². The minimum atomic E-state index is 0.632. The standard InChI is InChI=1S/C14H11Br2N5/c1-8-2-3-13(12(16)4-8)21-14(18-19-20-21)9-5-10(15)7-11(17)6-9/h2-7H,17H2,1H3. The molecule has 0 aliphatic rings. The molecule has 2 N–H and O–H groups in total. The summed E-state index contributed by atoms with van der Waals surface area (Å²) in [6, 6.07) is 11.6. The highest BCUT2D eigenvalue weighted by molar-refractivity contribution is 9.10. The van der Waals surface area contributed by atoms with Crippen molar-refractivity contribution in [3.8, 4) is 17.1 Å². The van der Waals surface area contributed by atoms with E-state index in [2.05, 4.69) is 47.4 Å². The fourth-order valence-electron chi connectivity index (χ4n) is 2.05. The number of anilines is 1. The third-order valence-corrected chi connectivity index (χ3v) is 4.07. The van der Waals surface area contributed by atoms with E-state index in [1.807, 2.05) is 43.3 Å². The van der Waals surface area contributed by atoms with Crippen LogP contribution in [0.5, 0.6) is 0 Å². The smallest absolute Gasteiger partial charge is 0.187 e. The molecule has 21 heavy (non-hydrogen) atoms. The van der Waals surface area contributed by atoms with Crippen molar-refractivity contribution in [2.45, 2.75) is 6.92 Å². The van der Waals surface area contributed by atoms with E-state index in [-0.39, 0.29) is 0 Å². The van der Waals surface area contributed by atoms with Gasteiger partial charge < -0.3 is 5.73 Å². The zero-order valence-corrected chi connectivity index (χ0v) is 14.3. The normalized spacial score (nSPS) is 10.8. The topological polar surface area (TPSA) is 69.6 Å². The first-order chi connectivity index (χ1) is 10.0. The lowest BCUT2D eigenvalue weighted by Gasteiger charge is -2.08. The summed E-state index contributed by atoms with van der Waals surface area (Å²) in [4.78, 5) is 0. The van der Waals surface area contributed by atoms with Gasteiger partial charge in [-0.3, -0.25) is 0 Å². The van der Waals surface area contributed by atoms with Crippen molar-refractivity contribution < 1.29 is 0 Å². The molecule has 0 aliphatic heterocycles. The highest BCUT2D eigenvalue weighted by Crippen LogP contribution is 2.28. The van der Waals surface area contributed by atoms with Gasteiger partial charge in [-0.15, -0.1) is 5.10 Å². The largest absolute Gasteiger partial charge is 0.399 e. The molecule has 0 atom stereocenters. The number of nitrogens with zero attached hydrogens (tertiary/aromatic N) is 4. The van der Waals surface area contributed by atoms with Crippen LogP contribution in [0.2, 0.25) is 0 Å². The number of hydrogen-bond donors (Lipinski definition) is 1. The Morgan fingerprint density at radius 2 is 1.90 bits per heavy atom. The molecule has 0 bridgehead atoms. The Morgan fingerprint density at radius 3 is 2.62 bits per heavy atom. The van der Waals surface area contributed by atoms with Crippen molar-refractivity contribution in [3.63, 3.8) is 0 Å². The van der Waals surface area contributed by atoms with Crippen LogP contribution in [0.1, 0.15) is 5.56 Å². The van der Waals surface area contributed by atoms with E-state index in [1.54, 1.807) is 4.68 Å². The van der Waals surface area contributed by atoms with Gasteiger partial charge in [0.05, 0.1) is 5.69 Å². The number of benzene rings is 2. The highest BCUT2D eigenvalue weighted by atomic mass is 79.9. The van der Waals surface area contributed by atoms with Crippen LogP contribution in [0, 0.1) is 6.92 Å². The minimum Gasteiger partial charge on any atom is -0.399 e. The van der Waals surface area contributed by atoms with Gasteiger partial charge in [0.2, 0.25) is 0 Å². The van der Waals surface area contributed by atoms with E-state index >= 15 is 0 Å². The average Bonchev–Trinajstić information content (AvgIpc) is 2.86. The summed E-state index contributed by atoms with van der Waals surface area (Å²) in [5, 5.41) is 12.0. The molecule has 0 radical (unpaired) electrons. The summed E-state index contributed by atoms with van der Waals surface area (Å²) in [6.45, 7) is 2.03. The molecule has 3 aromatic rings. The molecular formula is C14H11Br2N5. The molecule has 3 rings (SSSR count). The van der Waals surface area contributed by atoms with Crippen molar-refractivity contribution in [3.05, 3.63) is 50.9 Å². The first kappa shape index (κ1) is 14.2. The minimum absolute atomic E-state index is 0.632. The van der Waals surface area contributed by atoms with Crippen LogP contribution in [0.25, 0.3) is 17.1 Å². The van der Waals surface area contributed by atoms with Crippen molar-refractivity contribution >= 4 is 37.5 Å². The number of hydrogen-bond acceptors (Lipinski definition) is 4. The molecule has 0 saturated heterocycles. The third-order valence-electron chi connectivity index (χ3n) is 2.98. The maximum Gasteiger partial charge on any atom is 0.187 e. The number of nitrogen functional groups attached to an aromatic ring is 1. The number of halogens is 2. The van der Waals surface area contributed by atoms with E-state index in [4.69, 9.17) is 5.73 Å². The second kappa shape index (κ2) is 5.57. The summed E-state index contributed by atoms with van der Waals surface area (Å²) in [6.07, 6.45) is 0. The SMILES string of the molecule is Cc1ccc(-n2nnnc2-c2cc(N)cc(Br)c2)c(Br)c1. The fraction of sp³-hybridized carbons (Fsp3) is 0.0714. The Hall–Kier alpha value is -1.73. The lowest BCUT2D eigenvalue weighted by molar-refractivity contribution is 0.788. The molecule has 0 saturated carbocycles. The first-order valence-corrected chi connectivity index (χ1v) is 7.74. The summed E-state index contributed by atoms with van der Waals surface area (Å²) < 4.78 is 3.50. The number of rotatable bonds is 2. The quantitative estimate of drug-likeness (QED) is 0.655. The molecule has 0 amide bonds.